The molecule has 0 unspecified atom stereocenters. The molecule has 1 amide bonds. The molecule has 0 fully saturated rings. The highest BCUT2D eigenvalue weighted by Crippen LogP contribution is 2.12. The first kappa shape index (κ1) is 12.2. The van der Waals surface area contributed by atoms with Crippen molar-refractivity contribution in [2.45, 2.75) is 6.42 Å². The quantitative estimate of drug-likeness (QED) is 0.883. The summed E-state index contributed by atoms with van der Waals surface area (Å²) in [6, 6.07) is 7.76. The summed E-state index contributed by atoms with van der Waals surface area (Å²) < 4.78 is 3.65. The highest BCUT2D eigenvalue weighted by Gasteiger charge is 2.08. The van der Waals surface area contributed by atoms with Crippen LogP contribution in [0.1, 0.15) is 16.1 Å². The number of carbonyl (C=O) groups is 1. The van der Waals surface area contributed by atoms with Crippen molar-refractivity contribution in [3.63, 3.8) is 0 Å². The molecule has 1 heterocycles. The van der Waals surface area contributed by atoms with Crippen molar-refractivity contribution in [3.05, 3.63) is 40.9 Å². The maximum absolute atomic E-state index is 11.7. The van der Waals surface area contributed by atoms with Crippen molar-refractivity contribution >= 4 is 39.1 Å². The molecular formula is C11H10BrN3OS. The molecule has 0 spiro atoms. The summed E-state index contributed by atoms with van der Waals surface area (Å²) in [5.74, 6) is -0.230. The molecule has 6 heteroatoms. The number of anilines is 1. The van der Waals surface area contributed by atoms with Crippen LogP contribution in [-0.2, 0) is 6.42 Å². The van der Waals surface area contributed by atoms with Gasteiger partial charge in [-0.05, 0) is 35.6 Å². The van der Waals surface area contributed by atoms with E-state index >= 15 is 0 Å². The van der Waals surface area contributed by atoms with Crippen LogP contribution in [0, 0.1) is 0 Å². The van der Waals surface area contributed by atoms with Gasteiger partial charge in [0.2, 0.25) is 0 Å². The molecule has 0 saturated carbocycles. The Bertz CT molecular complexity index is 484. The predicted octanol–water partition coefficient (Wildman–Crippen LogP) is 2.73. The molecule has 17 heavy (non-hydrogen) atoms. The zero-order chi connectivity index (χ0) is 12.1. The van der Waals surface area contributed by atoms with Gasteiger partial charge < -0.3 is 5.32 Å². The first-order valence-electron chi connectivity index (χ1n) is 5.03. The summed E-state index contributed by atoms with van der Waals surface area (Å²) in [4.78, 5) is 11.7. The van der Waals surface area contributed by atoms with Gasteiger partial charge in [0.05, 0.1) is 0 Å². The van der Waals surface area contributed by atoms with Crippen LogP contribution in [-0.4, -0.2) is 20.8 Å². The number of nitrogens with zero attached hydrogens (tertiary/aromatic N) is 2. The standard InChI is InChI=1S/C11H10BrN3OS/c12-6-5-8-1-3-9(4-2-8)13-11(16)10-7-17-15-14-10/h1-4,7H,5-6H2,(H,13,16). The summed E-state index contributed by atoms with van der Waals surface area (Å²) in [5, 5.41) is 9.03. The van der Waals surface area contributed by atoms with Crippen LogP contribution in [0.5, 0.6) is 0 Å². The molecule has 1 N–H and O–H groups in total. The SMILES string of the molecule is O=C(Nc1ccc(CCBr)cc1)c1csnn1. The van der Waals surface area contributed by atoms with Gasteiger partial charge in [-0.25, -0.2) is 0 Å². The second-order valence-electron chi connectivity index (χ2n) is 3.38. The molecule has 0 radical (unpaired) electrons. The van der Waals surface area contributed by atoms with Gasteiger partial charge in [0.25, 0.3) is 5.91 Å². The van der Waals surface area contributed by atoms with Crippen LogP contribution in [0.2, 0.25) is 0 Å². The lowest BCUT2D eigenvalue weighted by atomic mass is 10.1. The molecule has 0 atom stereocenters. The maximum atomic E-state index is 11.7. The lowest BCUT2D eigenvalue weighted by Gasteiger charge is -2.04. The van der Waals surface area contributed by atoms with Crippen LogP contribution < -0.4 is 5.32 Å². The van der Waals surface area contributed by atoms with Crippen LogP contribution in [0.3, 0.4) is 0 Å². The minimum absolute atomic E-state index is 0.230. The molecule has 4 nitrogen and oxygen atoms in total. The van der Waals surface area contributed by atoms with Gasteiger partial charge in [0, 0.05) is 16.4 Å². The number of aromatic nitrogens is 2. The van der Waals surface area contributed by atoms with E-state index in [2.05, 4.69) is 30.8 Å². The highest BCUT2D eigenvalue weighted by atomic mass is 79.9. The Hall–Kier alpha value is -1.27. The van der Waals surface area contributed by atoms with Crippen LogP contribution in [0.4, 0.5) is 5.69 Å². The molecule has 2 rings (SSSR count). The first-order chi connectivity index (χ1) is 8.29. The molecule has 1 aromatic heterocycles. The molecule has 0 aliphatic rings. The molecule has 1 aromatic carbocycles. The summed E-state index contributed by atoms with van der Waals surface area (Å²) in [6.07, 6.45) is 0.976. The average Bonchev–Trinajstić information content (AvgIpc) is 2.86. The summed E-state index contributed by atoms with van der Waals surface area (Å²) in [7, 11) is 0. The first-order valence-corrected chi connectivity index (χ1v) is 6.98. The Kier molecular flexibility index (Phi) is 4.22. The van der Waals surface area contributed by atoms with E-state index in [9.17, 15) is 4.79 Å². The predicted molar refractivity (Wildman–Crippen MR) is 71.8 cm³/mol. The Morgan fingerprint density at radius 3 is 2.71 bits per heavy atom. The largest absolute Gasteiger partial charge is 0.321 e. The average molecular weight is 312 g/mol. The molecule has 0 bridgehead atoms. The third kappa shape index (κ3) is 3.34. The smallest absolute Gasteiger partial charge is 0.277 e. The second kappa shape index (κ2) is 5.88. The highest BCUT2D eigenvalue weighted by molar-refractivity contribution is 9.09. The topological polar surface area (TPSA) is 54.9 Å². The monoisotopic (exact) mass is 311 g/mol. The molecular weight excluding hydrogens is 302 g/mol. The zero-order valence-electron chi connectivity index (χ0n) is 8.89. The van der Waals surface area contributed by atoms with Crippen LogP contribution >= 0.6 is 27.5 Å². The van der Waals surface area contributed by atoms with E-state index < -0.39 is 0 Å². The molecule has 2 aromatic rings. The van der Waals surface area contributed by atoms with Crippen LogP contribution in [0.25, 0.3) is 0 Å². The van der Waals surface area contributed by atoms with Gasteiger partial charge >= 0.3 is 0 Å². The number of halogens is 1. The van der Waals surface area contributed by atoms with E-state index in [0.717, 1.165) is 29.0 Å². The summed E-state index contributed by atoms with van der Waals surface area (Å²) >= 11 is 4.55. The van der Waals surface area contributed by atoms with Crippen molar-refractivity contribution in [1.82, 2.24) is 9.59 Å². The van der Waals surface area contributed by atoms with E-state index in [0.29, 0.717) is 5.69 Å². The number of hydrogen-bond donors (Lipinski definition) is 1. The summed E-state index contributed by atoms with van der Waals surface area (Å²) in [5.41, 5.74) is 2.34. The fourth-order valence-electron chi connectivity index (χ4n) is 1.32. The van der Waals surface area contributed by atoms with Gasteiger partial charge in [-0.15, -0.1) is 5.10 Å². The van der Waals surface area contributed by atoms with Crippen molar-refractivity contribution in [1.29, 1.82) is 0 Å². The lowest BCUT2D eigenvalue weighted by Crippen LogP contribution is -2.12. The fraction of sp³-hybridized carbons (Fsp3) is 0.182. The zero-order valence-corrected chi connectivity index (χ0v) is 11.3. The van der Waals surface area contributed by atoms with Gasteiger partial charge in [0.15, 0.2) is 5.69 Å². The van der Waals surface area contributed by atoms with Gasteiger partial charge in [0.1, 0.15) is 0 Å². The Labute approximate surface area is 111 Å². The normalized spacial score (nSPS) is 10.2. The Balaban J connectivity index is 2.01. The molecule has 0 saturated heterocycles. The molecule has 88 valence electrons. The number of nitrogens with one attached hydrogen (secondary N) is 1. The van der Waals surface area contributed by atoms with Crippen molar-refractivity contribution in [3.8, 4) is 0 Å². The van der Waals surface area contributed by atoms with Gasteiger partial charge in [-0.1, -0.05) is 32.6 Å². The van der Waals surface area contributed by atoms with Crippen LogP contribution in [0.15, 0.2) is 29.6 Å². The van der Waals surface area contributed by atoms with Crippen molar-refractivity contribution in [2.24, 2.45) is 0 Å². The number of aryl methyl sites for hydroxylation is 1. The van der Waals surface area contributed by atoms with Crippen molar-refractivity contribution < 1.29 is 4.79 Å². The number of hydrogen-bond acceptors (Lipinski definition) is 4. The van der Waals surface area contributed by atoms with Gasteiger partial charge in [-0.3, -0.25) is 4.79 Å². The Morgan fingerprint density at radius 1 is 1.35 bits per heavy atom. The number of benzene rings is 1. The number of carbonyl (C=O) groups excluding carboxylic acids is 1. The van der Waals surface area contributed by atoms with E-state index in [1.54, 1.807) is 5.38 Å². The van der Waals surface area contributed by atoms with E-state index in [1.807, 2.05) is 24.3 Å². The van der Waals surface area contributed by atoms with E-state index in [1.165, 1.54) is 5.56 Å². The lowest BCUT2D eigenvalue weighted by molar-refractivity contribution is 0.102. The Morgan fingerprint density at radius 2 is 2.12 bits per heavy atom. The minimum Gasteiger partial charge on any atom is -0.321 e. The third-order valence-electron chi connectivity index (χ3n) is 2.19. The third-order valence-corrected chi connectivity index (χ3v) is 3.09. The number of amides is 1. The molecule has 0 aliphatic heterocycles. The van der Waals surface area contributed by atoms with E-state index in [4.69, 9.17) is 0 Å². The second-order valence-corrected chi connectivity index (χ2v) is 4.78. The summed E-state index contributed by atoms with van der Waals surface area (Å²) in [6.45, 7) is 0. The van der Waals surface area contributed by atoms with Crippen molar-refractivity contribution in [2.75, 3.05) is 10.6 Å². The van der Waals surface area contributed by atoms with Gasteiger partial charge in [-0.2, -0.15) is 0 Å². The van der Waals surface area contributed by atoms with E-state index in [-0.39, 0.29) is 5.91 Å². The molecule has 0 aliphatic carbocycles. The number of alkyl halides is 1. The maximum Gasteiger partial charge on any atom is 0.277 e. The number of rotatable bonds is 4. The minimum atomic E-state index is -0.230. The fourth-order valence-corrected chi connectivity index (χ4v) is 2.22.